The topological polar surface area (TPSA) is 50.4 Å². The van der Waals surface area contributed by atoms with Crippen molar-refractivity contribution in [1.29, 1.82) is 0 Å². The van der Waals surface area contributed by atoms with Crippen LogP contribution in [0.1, 0.15) is 39.2 Å². The van der Waals surface area contributed by atoms with E-state index in [0.29, 0.717) is 5.96 Å². The van der Waals surface area contributed by atoms with Crippen LogP contribution >= 0.6 is 24.0 Å². The Balaban J connectivity index is 0.00000180. The predicted molar refractivity (Wildman–Crippen MR) is 92.1 cm³/mol. The highest BCUT2D eigenvalue weighted by Gasteiger charge is 2.43. The van der Waals surface area contributed by atoms with Crippen molar-refractivity contribution in [2.24, 2.45) is 10.7 Å². The second kappa shape index (κ2) is 6.11. The molecule has 2 rings (SSSR count). The van der Waals surface area contributed by atoms with E-state index >= 15 is 0 Å². The molecule has 1 aliphatic rings. The van der Waals surface area contributed by atoms with Gasteiger partial charge in [-0.05, 0) is 39.2 Å². The van der Waals surface area contributed by atoms with Crippen LogP contribution in [0.15, 0.2) is 35.3 Å². The van der Waals surface area contributed by atoms with Crippen molar-refractivity contribution in [3.8, 4) is 0 Å². The smallest absolute Gasteiger partial charge is 0.189 e. The maximum Gasteiger partial charge on any atom is 0.189 e. The number of rotatable bonds is 3. The van der Waals surface area contributed by atoms with E-state index in [0.717, 1.165) is 6.54 Å². The highest BCUT2D eigenvalue weighted by Crippen LogP contribution is 2.48. The van der Waals surface area contributed by atoms with Gasteiger partial charge < -0.3 is 11.1 Å². The third-order valence-corrected chi connectivity index (χ3v) is 3.29. The maximum absolute atomic E-state index is 5.91. The number of benzene rings is 1. The average Bonchev–Trinajstić information content (AvgIpc) is 3.06. The molecule has 0 aliphatic heterocycles. The molecule has 1 aromatic rings. The first-order valence-electron chi connectivity index (χ1n) is 6.55. The summed E-state index contributed by atoms with van der Waals surface area (Å²) in [5, 5.41) is 3.20. The largest absolute Gasteiger partial charge is 0.370 e. The van der Waals surface area contributed by atoms with Gasteiger partial charge in [0.05, 0.1) is 6.54 Å². The van der Waals surface area contributed by atoms with Crippen LogP contribution in [0.2, 0.25) is 0 Å². The van der Waals surface area contributed by atoms with Crippen LogP contribution in [-0.2, 0) is 5.41 Å². The van der Waals surface area contributed by atoms with Gasteiger partial charge in [-0.3, -0.25) is 4.99 Å². The molecule has 0 aromatic heterocycles. The van der Waals surface area contributed by atoms with Crippen molar-refractivity contribution in [2.75, 3.05) is 6.54 Å². The molecule has 4 heteroatoms. The molecule has 0 heterocycles. The Kier molecular flexibility index (Phi) is 5.24. The Labute approximate surface area is 133 Å². The molecule has 1 aliphatic carbocycles. The van der Waals surface area contributed by atoms with Gasteiger partial charge in [-0.2, -0.15) is 0 Å². The van der Waals surface area contributed by atoms with Crippen LogP contribution in [0.4, 0.5) is 0 Å². The predicted octanol–water partition coefficient (Wildman–Crippen LogP) is 3.04. The Bertz CT molecular complexity index is 430. The van der Waals surface area contributed by atoms with E-state index in [1.807, 2.05) is 0 Å². The molecule has 3 N–H and O–H groups in total. The standard InChI is InChI=1S/C15H23N3.HI/c1-14(2,3)18-13(16)17-11-15(9-10-15)12-7-5-4-6-8-12;/h4-8H,9-11H2,1-3H3,(H3,16,17,18);1H. The molecule has 0 atom stereocenters. The van der Waals surface area contributed by atoms with E-state index in [9.17, 15) is 0 Å². The van der Waals surface area contributed by atoms with Gasteiger partial charge in [0.2, 0.25) is 0 Å². The number of halogens is 1. The first-order chi connectivity index (χ1) is 8.41. The minimum atomic E-state index is -0.0307. The summed E-state index contributed by atoms with van der Waals surface area (Å²) < 4.78 is 0. The van der Waals surface area contributed by atoms with Gasteiger partial charge in [0, 0.05) is 11.0 Å². The summed E-state index contributed by atoms with van der Waals surface area (Å²) in [7, 11) is 0. The Morgan fingerprint density at radius 2 is 1.84 bits per heavy atom. The van der Waals surface area contributed by atoms with E-state index in [1.165, 1.54) is 18.4 Å². The second-order valence-electron chi connectivity index (χ2n) is 6.22. The molecule has 0 amide bonds. The third-order valence-electron chi connectivity index (χ3n) is 3.29. The van der Waals surface area contributed by atoms with E-state index in [4.69, 9.17) is 5.73 Å². The first-order valence-corrected chi connectivity index (χ1v) is 6.55. The fourth-order valence-electron chi connectivity index (χ4n) is 2.14. The summed E-state index contributed by atoms with van der Waals surface area (Å²) in [6.07, 6.45) is 2.42. The summed E-state index contributed by atoms with van der Waals surface area (Å²) in [5.74, 6) is 0.546. The van der Waals surface area contributed by atoms with Gasteiger partial charge >= 0.3 is 0 Å². The molecule has 106 valence electrons. The zero-order chi connectivity index (χ0) is 13.2. The summed E-state index contributed by atoms with van der Waals surface area (Å²) >= 11 is 0. The van der Waals surface area contributed by atoms with Crippen LogP contribution in [0, 0.1) is 0 Å². The highest BCUT2D eigenvalue weighted by atomic mass is 127. The molecule has 0 unspecified atom stereocenters. The van der Waals surface area contributed by atoms with Crippen molar-refractivity contribution < 1.29 is 0 Å². The van der Waals surface area contributed by atoms with Crippen LogP contribution in [-0.4, -0.2) is 18.0 Å². The summed E-state index contributed by atoms with van der Waals surface area (Å²) in [5.41, 5.74) is 7.51. The Hall–Kier alpha value is -0.780. The van der Waals surface area contributed by atoms with E-state index in [-0.39, 0.29) is 34.9 Å². The highest BCUT2D eigenvalue weighted by molar-refractivity contribution is 14.0. The lowest BCUT2D eigenvalue weighted by Crippen LogP contribution is -2.45. The lowest BCUT2D eigenvalue weighted by Gasteiger charge is -2.21. The van der Waals surface area contributed by atoms with Crippen molar-refractivity contribution in [2.45, 2.75) is 44.6 Å². The summed E-state index contributed by atoms with van der Waals surface area (Å²) in [4.78, 5) is 4.50. The molecular weight excluding hydrogens is 349 g/mol. The van der Waals surface area contributed by atoms with Crippen molar-refractivity contribution >= 4 is 29.9 Å². The zero-order valence-corrected chi connectivity index (χ0v) is 14.3. The molecule has 0 spiro atoms. The number of hydrogen-bond acceptors (Lipinski definition) is 1. The van der Waals surface area contributed by atoms with Crippen molar-refractivity contribution in [3.05, 3.63) is 35.9 Å². The Morgan fingerprint density at radius 1 is 1.26 bits per heavy atom. The van der Waals surface area contributed by atoms with Gasteiger partial charge in [0.25, 0.3) is 0 Å². The van der Waals surface area contributed by atoms with Gasteiger partial charge in [-0.25, -0.2) is 0 Å². The molecule has 1 fully saturated rings. The number of guanidine groups is 1. The fourth-order valence-corrected chi connectivity index (χ4v) is 2.14. The monoisotopic (exact) mass is 373 g/mol. The minimum absolute atomic E-state index is 0. The SMILES string of the molecule is CC(C)(C)NC(N)=NCC1(c2ccccc2)CC1.I. The van der Waals surface area contributed by atoms with Gasteiger partial charge in [-0.1, -0.05) is 30.3 Å². The number of nitrogens with two attached hydrogens (primary N) is 1. The number of nitrogens with one attached hydrogen (secondary N) is 1. The number of nitrogens with zero attached hydrogens (tertiary/aromatic N) is 1. The lowest BCUT2D eigenvalue weighted by atomic mass is 9.96. The Morgan fingerprint density at radius 3 is 2.32 bits per heavy atom. The van der Waals surface area contributed by atoms with Crippen LogP contribution in [0.25, 0.3) is 0 Å². The van der Waals surface area contributed by atoms with E-state index in [2.05, 4.69) is 61.4 Å². The number of aliphatic imine (C=N–C) groups is 1. The van der Waals surface area contributed by atoms with E-state index < -0.39 is 0 Å². The van der Waals surface area contributed by atoms with Crippen LogP contribution < -0.4 is 11.1 Å². The molecule has 19 heavy (non-hydrogen) atoms. The van der Waals surface area contributed by atoms with E-state index in [1.54, 1.807) is 0 Å². The van der Waals surface area contributed by atoms with Crippen molar-refractivity contribution in [3.63, 3.8) is 0 Å². The normalized spacial score (nSPS) is 17.5. The second-order valence-corrected chi connectivity index (χ2v) is 6.22. The quantitative estimate of drug-likeness (QED) is 0.486. The van der Waals surface area contributed by atoms with Crippen LogP contribution in [0.5, 0.6) is 0 Å². The van der Waals surface area contributed by atoms with Gasteiger partial charge in [0.15, 0.2) is 5.96 Å². The number of hydrogen-bond donors (Lipinski definition) is 2. The molecule has 0 bridgehead atoms. The summed E-state index contributed by atoms with van der Waals surface area (Å²) in [6, 6.07) is 10.6. The molecule has 0 saturated heterocycles. The fraction of sp³-hybridized carbons (Fsp3) is 0.533. The van der Waals surface area contributed by atoms with Crippen LogP contribution in [0.3, 0.4) is 0 Å². The molecule has 3 nitrogen and oxygen atoms in total. The molecular formula is C15H24IN3. The minimum Gasteiger partial charge on any atom is -0.370 e. The lowest BCUT2D eigenvalue weighted by molar-refractivity contribution is 0.507. The molecule has 0 radical (unpaired) electrons. The van der Waals surface area contributed by atoms with Gasteiger partial charge in [-0.15, -0.1) is 24.0 Å². The molecule has 1 saturated carbocycles. The third kappa shape index (κ3) is 4.67. The summed E-state index contributed by atoms with van der Waals surface area (Å²) in [6.45, 7) is 7.03. The maximum atomic E-state index is 5.91. The molecule has 1 aromatic carbocycles. The first kappa shape index (κ1) is 16.3. The zero-order valence-electron chi connectivity index (χ0n) is 11.9. The van der Waals surface area contributed by atoms with Crippen molar-refractivity contribution in [1.82, 2.24) is 5.32 Å². The van der Waals surface area contributed by atoms with Gasteiger partial charge in [0.1, 0.15) is 0 Å². The average molecular weight is 373 g/mol.